The first kappa shape index (κ1) is 13.1. The fraction of sp³-hybridized carbons (Fsp3) is 0. The highest BCUT2D eigenvalue weighted by atomic mass is 35.5. The average molecular weight is 317 g/mol. The van der Waals surface area contributed by atoms with Crippen molar-refractivity contribution in [1.29, 1.82) is 0 Å². The molecule has 0 saturated carbocycles. The number of anilines is 2. The minimum Gasteiger partial charge on any atom is -0.492 e. The number of fused-ring (bicyclic) bond motifs is 3. The number of hydrogen-bond donors (Lipinski definition) is 2. The molecular formula is C15H10ClFN4O. The minimum absolute atomic E-state index is 0.0470. The molecule has 1 aromatic heterocycles. The molecule has 0 atom stereocenters. The molecule has 22 heavy (non-hydrogen) atoms. The van der Waals surface area contributed by atoms with Crippen molar-refractivity contribution in [3.05, 3.63) is 70.7 Å². The topological polar surface area (TPSA) is 51.6 Å². The van der Waals surface area contributed by atoms with E-state index in [-0.39, 0.29) is 11.7 Å². The lowest BCUT2D eigenvalue weighted by molar-refractivity contribution is 0.388. The van der Waals surface area contributed by atoms with E-state index in [1.807, 2.05) is 0 Å². The molecular weight excluding hydrogens is 307 g/mol. The molecule has 2 aliphatic heterocycles. The molecule has 0 amide bonds. The predicted molar refractivity (Wildman–Crippen MR) is 82.4 cm³/mol. The lowest BCUT2D eigenvalue weighted by Gasteiger charge is -2.26. The Bertz CT molecular complexity index is 819. The van der Waals surface area contributed by atoms with E-state index in [9.17, 15) is 9.50 Å². The Morgan fingerprint density at radius 1 is 1.14 bits per heavy atom. The van der Waals surface area contributed by atoms with Crippen LogP contribution < -0.4 is 15.6 Å². The number of rotatable bonds is 1. The summed E-state index contributed by atoms with van der Waals surface area (Å²) in [6.45, 7) is 0. The van der Waals surface area contributed by atoms with E-state index in [1.165, 1.54) is 22.3 Å². The zero-order valence-corrected chi connectivity index (χ0v) is 11.9. The summed E-state index contributed by atoms with van der Waals surface area (Å²) in [6.07, 6.45) is 4.98. The van der Waals surface area contributed by atoms with Crippen molar-refractivity contribution < 1.29 is 9.50 Å². The summed E-state index contributed by atoms with van der Waals surface area (Å²) in [4.78, 5) is 3.98. The SMILES string of the molecule is OC1=C2C=Cc3cccc(F)c3N2NN1c1ccc(Cl)nc1. The number of hydrogen-bond acceptors (Lipinski definition) is 5. The van der Waals surface area contributed by atoms with E-state index in [4.69, 9.17) is 11.6 Å². The molecule has 110 valence electrons. The monoisotopic (exact) mass is 316 g/mol. The highest BCUT2D eigenvalue weighted by molar-refractivity contribution is 6.29. The van der Waals surface area contributed by atoms with Gasteiger partial charge in [-0.25, -0.2) is 19.4 Å². The summed E-state index contributed by atoms with van der Waals surface area (Å²) in [6, 6.07) is 8.13. The Hall–Kier alpha value is -2.57. The maximum absolute atomic E-state index is 14.2. The van der Waals surface area contributed by atoms with Crippen LogP contribution in [0.2, 0.25) is 5.15 Å². The van der Waals surface area contributed by atoms with E-state index in [0.29, 0.717) is 22.2 Å². The van der Waals surface area contributed by atoms with Gasteiger partial charge >= 0.3 is 0 Å². The molecule has 0 saturated heterocycles. The Morgan fingerprint density at radius 2 is 2.00 bits per heavy atom. The molecule has 1 aromatic carbocycles. The van der Waals surface area contributed by atoms with Crippen molar-refractivity contribution in [3.8, 4) is 0 Å². The summed E-state index contributed by atoms with van der Waals surface area (Å²) in [7, 11) is 0. The number of aromatic nitrogens is 1. The van der Waals surface area contributed by atoms with E-state index >= 15 is 0 Å². The van der Waals surface area contributed by atoms with Crippen molar-refractivity contribution in [2.45, 2.75) is 0 Å². The van der Waals surface area contributed by atoms with Gasteiger partial charge in [-0.1, -0.05) is 29.8 Å². The molecule has 0 fully saturated rings. The standard InChI is InChI=1S/C15H10ClFN4O/c16-13-7-5-10(8-18-13)20-15(22)12-6-4-9-2-1-3-11(17)14(9)21(12)19-20/h1-8,19,22H. The van der Waals surface area contributed by atoms with Gasteiger partial charge in [-0.05, 0) is 24.3 Å². The number of pyridine rings is 1. The van der Waals surface area contributed by atoms with Crippen LogP contribution in [-0.4, -0.2) is 10.1 Å². The molecule has 2 aliphatic rings. The normalized spacial score (nSPS) is 16.1. The lowest BCUT2D eigenvalue weighted by atomic mass is 10.1. The summed E-state index contributed by atoms with van der Waals surface area (Å²) < 4.78 is 14.2. The third kappa shape index (κ3) is 1.85. The van der Waals surface area contributed by atoms with Gasteiger partial charge in [0.2, 0.25) is 5.88 Å². The van der Waals surface area contributed by atoms with Crippen molar-refractivity contribution in [2.75, 3.05) is 10.0 Å². The van der Waals surface area contributed by atoms with Gasteiger partial charge < -0.3 is 5.11 Å². The van der Waals surface area contributed by atoms with Crippen LogP contribution in [0, 0.1) is 5.82 Å². The van der Waals surface area contributed by atoms with Crippen LogP contribution in [0.3, 0.4) is 0 Å². The van der Waals surface area contributed by atoms with Gasteiger partial charge in [0.25, 0.3) is 0 Å². The lowest BCUT2D eigenvalue weighted by Crippen LogP contribution is -2.42. The Kier molecular flexibility index (Phi) is 2.82. The summed E-state index contributed by atoms with van der Waals surface area (Å²) in [5.41, 5.74) is 5.05. The molecule has 3 heterocycles. The first-order valence-corrected chi connectivity index (χ1v) is 6.91. The number of halogens is 2. The molecule has 2 N–H and O–H groups in total. The van der Waals surface area contributed by atoms with Gasteiger partial charge in [-0.3, -0.25) is 0 Å². The summed E-state index contributed by atoms with van der Waals surface area (Å²) in [5.74, 6) is -0.426. The smallest absolute Gasteiger partial charge is 0.234 e. The number of aliphatic hydroxyl groups is 1. The van der Waals surface area contributed by atoms with Crippen molar-refractivity contribution in [2.24, 2.45) is 0 Å². The second kappa shape index (κ2) is 4.72. The number of nitrogens with zero attached hydrogens (tertiary/aromatic N) is 3. The zero-order valence-electron chi connectivity index (χ0n) is 11.2. The molecule has 0 spiro atoms. The van der Waals surface area contributed by atoms with Crippen LogP contribution in [0.15, 0.2) is 54.2 Å². The molecule has 0 bridgehead atoms. The van der Waals surface area contributed by atoms with Crippen molar-refractivity contribution in [1.82, 2.24) is 10.5 Å². The van der Waals surface area contributed by atoms with Gasteiger partial charge in [0, 0.05) is 5.56 Å². The van der Waals surface area contributed by atoms with Crippen LogP contribution in [0.4, 0.5) is 15.8 Å². The first-order chi connectivity index (χ1) is 10.6. The van der Waals surface area contributed by atoms with E-state index in [0.717, 1.165) is 5.56 Å². The average Bonchev–Trinajstić information content (AvgIpc) is 2.85. The Morgan fingerprint density at radius 3 is 2.77 bits per heavy atom. The number of benzene rings is 1. The molecule has 2 aromatic rings. The van der Waals surface area contributed by atoms with Gasteiger partial charge in [0.05, 0.1) is 11.9 Å². The summed E-state index contributed by atoms with van der Waals surface area (Å²) in [5, 5.41) is 13.6. The minimum atomic E-state index is -0.379. The van der Waals surface area contributed by atoms with Gasteiger partial charge in [0.1, 0.15) is 22.4 Å². The number of hydrazine groups is 2. The van der Waals surface area contributed by atoms with E-state index in [2.05, 4.69) is 10.5 Å². The quantitative estimate of drug-likeness (QED) is 0.790. The van der Waals surface area contributed by atoms with Crippen molar-refractivity contribution >= 4 is 29.1 Å². The van der Waals surface area contributed by atoms with Crippen LogP contribution in [0.1, 0.15) is 5.56 Å². The number of para-hydroxylation sites is 1. The number of aliphatic hydroxyl groups excluding tert-OH is 1. The van der Waals surface area contributed by atoms with Crippen molar-refractivity contribution in [3.63, 3.8) is 0 Å². The zero-order chi connectivity index (χ0) is 15.3. The largest absolute Gasteiger partial charge is 0.492 e. The molecule has 5 nitrogen and oxygen atoms in total. The summed E-state index contributed by atoms with van der Waals surface area (Å²) >= 11 is 5.77. The molecule has 0 aliphatic carbocycles. The van der Waals surface area contributed by atoms with E-state index in [1.54, 1.807) is 36.4 Å². The Balaban J connectivity index is 1.79. The van der Waals surface area contributed by atoms with Gasteiger partial charge in [-0.2, -0.15) is 0 Å². The van der Waals surface area contributed by atoms with Gasteiger partial charge in [0.15, 0.2) is 0 Å². The molecule has 0 radical (unpaired) electrons. The third-order valence-electron chi connectivity index (χ3n) is 3.51. The molecule has 4 rings (SSSR count). The van der Waals surface area contributed by atoms with Crippen LogP contribution in [-0.2, 0) is 0 Å². The third-order valence-corrected chi connectivity index (χ3v) is 3.74. The Labute approximate surface area is 130 Å². The van der Waals surface area contributed by atoms with Crippen LogP contribution in [0.25, 0.3) is 6.08 Å². The number of allylic oxidation sites excluding steroid dienone is 1. The van der Waals surface area contributed by atoms with Crippen LogP contribution in [0.5, 0.6) is 0 Å². The molecule has 0 unspecified atom stereocenters. The maximum atomic E-state index is 14.2. The fourth-order valence-corrected chi connectivity index (χ4v) is 2.60. The highest BCUT2D eigenvalue weighted by Gasteiger charge is 2.34. The second-order valence-corrected chi connectivity index (χ2v) is 5.22. The fourth-order valence-electron chi connectivity index (χ4n) is 2.49. The number of nitrogens with one attached hydrogen (secondary N) is 1. The first-order valence-electron chi connectivity index (χ1n) is 6.53. The van der Waals surface area contributed by atoms with E-state index < -0.39 is 0 Å². The maximum Gasteiger partial charge on any atom is 0.234 e. The van der Waals surface area contributed by atoms with Crippen LogP contribution >= 0.6 is 11.6 Å². The second-order valence-electron chi connectivity index (χ2n) is 4.83. The van der Waals surface area contributed by atoms with Gasteiger partial charge in [-0.15, -0.1) is 5.53 Å². The highest BCUT2D eigenvalue weighted by Crippen LogP contribution is 2.37. The predicted octanol–water partition coefficient (Wildman–Crippen LogP) is 3.37. The molecule has 7 heteroatoms.